The number of allylic oxidation sites excluding steroid dienone is 3. The Morgan fingerprint density at radius 3 is 2.83 bits per heavy atom. The van der Waals surface area contributed by atoms with E-state index in [9.17, 15) is 4.39 Å². The van der Waals surface area contributed by atoms with Gasteiger partial charge in [-0.2, -0.15) is 0 Å². The number of fused-ring (bicyclic) bond motifs is 1. The number of hydrogen-bond donors (Lipinski definition) is 3. The Labute approximate surface area is 139 Å². The second-order valence-electron chi connectivity index (χ2n) is 5.08. The van der Waals surface area contributed by atoms with Crippen molar-refractivity contribution < 1.29 is 9.02 Å². The smallest absolute Gasteiger partial charge is 0.199 e. The topological polar surface area (TPSA) is 107 Å². The van der Waals surface area contributed by atoms with Crippen LogP contribution in [0.5, 0.6) is 0 Å². The first-order valence-corrected chi connectivity index (χ1v) is 7.33. The van der Waals surface area contributed by atoms with Gasteiger partial charge in [0.2, 0.25) is 0 Å². The fraction of sp³-hybridized carbons (Fsp3) is 0.0714. The lowest BCUT2D eigenvalue weighted by molar-refractivity contribution is 0.310. The van der Waals surface area contributed by atoms with Gasteiger partial charge in [0.1, 0.15) is 16.5 Å². The number of imidazole rings is 1. The van der Waals surface area contributed by atoms with Crippen molar-refractivity contribution in [1.82, 2.24) is 30.7 Å². The van der Waals surface area contributed by atoms with E-state index in [1.54, 1.807) is 28.9 Å². The molecule has 1 aliphatic heterocycles. The van der Waals surface area contributed by atoms with Gasteiger partial charge in [0, 0.05) is 0 Å². The molecule has 1 aliphatic rings. The third-order valence-electron chi connectivity index (χ3n) is 3.54. The Hall–Kier alpha value is -3.07. The number of nitrogens with two attached hydrogens (primary N) is 1. The summed E-state index contributed by atoms with van der Waals surface area (Å²) in [5, 5.41) is 7.78. The molecule has 3 aromatic rings. The number of benzene rings is 1. The van der Waals surface area contributed by atoms with Crippen LogP contribution in [0.15, 0.2) is 45.8 Å². The highest BCUT2D eigenvalue weighted by atomic mass is 35.5. The van der Waals surface area contributed by atoms with Crippen LogP contribution in [0.1, 0.15) is 0 Å². The lowest BCUT2D eigenvalue weighted by Crippen LogP contribution is -2.32. The first-order valence-electron chi connectivity index (χ1n) is 6.95. The van der Waals surface area contributed by atoms with Crippen LogP contribution in [-0.2, 0) is 6.54 Å². The molecule has 8 nitrogen and oxygen atoms in total. The lowest BCUT2D eigenvalue weighted by atomic mass is 10.3. The van der Waals surface area contributed by atoms with Crippen molar-refractivity contribution in [1.29, 1.82) is 0 Å². The van der Waals surface area contributed by atoms with E-state index in [4.69, 9.17) is 17.3 Å². The van der Waals surface area contributed by atoms with Gasteiger partial charge in [-0.05, 0) is 34.6 Å². The molecular formula is C14H11ClFN7O. The molecule has 1 aromatic carbocycles. The van der Waals surface area contributed by atoms with Gasteiger partial charge in [-0.15, -0.1) is 0 Å². The average Bonchev–Trinajstić information content (AvgIpc) is 3.14. The number of nitrogens with one attached hydrogen (secondary N) is 2. The highest BCUT2D eigenvalue weighted by Crippen LogP contribution is 2.28. The molecule has 3 heterocycles. The third kappa shape index (κ3) is 2.35. The second-order valence-corrected chi connectivity index (χ2v) is 5.49. The fourth-order valence-electron chi connectivity index (χ4n) is 2.49. The van der Waals surface area contributed by atoms with E-state index in [0.29, 0.717) is 22.0 Å². The number of hydrazine groups is 1. The van der Waals surface area contributed by atoms with E-state index in [1.165, 1.54) is 6.07 Å². The van der Waals surface area contributed by atoms with Gasteiger partial charge in [0.25, 0.3) is 0 Å². The Bertz CT molecular complexity index is 990. The number of anilines is 1. The minimum atomic E-state index is -0.404. The van der Waals surface area contributed by atoms with Crippen molar-refractivity contribution in [3.05, 3.63) is 47.0 Å². The first kappa shape index (κ1) is 14.5. The standard InChI is InChI=1S/C14H11ClFN7O/c15-10-5-4-7(19-20-10)6-23-12-8(16)2-1-3-9(12)18-14(23)11-13(17)22-24-21-11/h1-5,19-20H,6H2,(H2,17,22). The van der Waals surface area contributed by atoms with E-state index in [0.717, 1.165) is 5.70 Å². The summed E-state index contributed by atoms with van der Waals surface area (Å²) < 4.78 is 20.7. The van der Waals surface area contributed by atoms with E-state index in [2.05, 4.69) is 30.8 Å². The minimum Gasteiger partial charge on any atom is -0.379 e. The summed E-state index contributed by atoms with van der Waals surface area (Å²) in [5.74, 6) is 0.0371. The molecule has 0 bridgehead atoms. The zero-order chi connectivity index (χ0) is 16.7. The van der Waals surface area contributed by atoms with Crippen molar-refractivity contribution in [3.63, 3.8) is 0 Å². The van der Waals surface area contributed by atoms with Crippen LogP contribution in [0, 0.1) is 5.82 Å². The molecule has 0 unspecified atom stereocenters. The van der Waals surface area contributed by atoms with E-state index in [-0.39, 0.29) is 18.1 Å². The van der Waals surface area contributed by atoms with Gasteiger partial charge in [0.15, 0.2) is 17.3 Å². The van der Waals surface area contributed by atoms with Gasteiger partial charge in [-0.3, -0.25) is 5.43 Å². The maximum atomic E-state index is 14.4. The molecule has 24 heavy (non-hydrogen) atoms. The average molecular weight is 348 g/mol. The molecule has 0 aliphatic carbocycles. The summed E-state index contributed by atoms with van der Waals surface area (Å²) in [6.07, 6.45) is 3.47. The molecule has 0 radical (unpaired) electrons. The number of aromatic nitrogens is 4. The summed E-state index contributed by atoms with van der Waals surface area (Å²) in [6.45, 7) is 0.284. The Morgan fingerprint density at radius 1 is 1.25 bits per heavy atom. The molecular weight excluding hydrogens is 337 g/mol. The van der Waals surface area contributed by atoms with Gasteiger partial charge in [-0.1, -0.05) is 17.7 Å². The quantitative estimate of drug-likeness (QED) is 0.621. The molecule has 4 rings (SSSR count). The van der Waals surface area contributed by atoms with Gasteiger partial charge >= 0.3 is 0 Å². The Kier molecular flexibility index (Phi) is 3.35. The molecule has 0 amide bonds. The Balaban J connectivity index is 1.90. The van der Waals surface area contributed by atoms with Crippen LogP contribution in [0.4, 0.5) is 10.2 Å². The van der Waals surface area contributed by atoms with Gasteiger partial charge < -0.3 is 15.7 Å². The summed E-state index contributed by atoms with van der Waals surface area (Å²) in [4.78, 5) is 4.42. The number of halogens is 2. The zero-order valence-corrected chi connectivity index (χ0v) is 12.9. The monoisotopic (exact) mass is 347 g/mol. The number of nitrogen functional groups attached to an aromatic ring is 1. The number of hydrogen-bond acceptors (Lipinski definition) is 7. The first-order chi connectivity index (χ1) is 11.6. The molecule has 4 N–H and O–H groups in total. The molecule has 0 atom stereocenters. The van der Waals surface area contributed by atoms with Crippen LogP contribution >= 0.6 is 11.6 Å². The van der Waals surface area contributed by atoms with Gasteiger partial charge in [-0.25, -0.2) is 14.0 Å². The lowest BCUT2D eigenvalue weighted by Gasteiger charge is -2.17. The van der Waals surface area contributed by atoms with Crippen LogP contribution in [0.3, 0.4) is 0 Å². The third-order valence-corrected chi connectivity index (χ3v) is 3.77. The van der Waals surface area contributed by atoms with Crippen LogP contribution in [0.2, 0.25) is 0 Å². The van der Waals surface area contributed by atoms with E-state index >= 15 is 0 Å². The molecule has 0 saturated heterocycles. The normalized spacial score (nSPS) is 14.1. The molecule has 0 spiro atoms. The highest BCUT2D eigenvalue weighted by Gasteiger charge is 2.22. The zero-order valence-electron chi connectivity index (χ0n) is 12.1. The molecule has 2 aromatic heterocycles. The van der Waals surface area contributed by atoms with E-state index in [1.807, 2.05) is 0 Å². The van der Waals surface area contributed by atoms with Gasteiger partial charge in [0.05, 0.1) is 17.8 Å². The predicted octanol–water partition coefficient (Wildman–Crippen LogP) is 1.88. The summed E-state index contributed by atoms with van der Waals surface area (Å²) in [6, 6.07) is 4.66. The van der Waals surface area contributed by atoms with Crippen molar-refractivity contribution in [3.8, 4) is 11.5 Å². The number of rotatable bonds is 3. The van der Waals surface area contributed by atoms with Crippen molar-refractivity contribution >= 4 is 28.5 Å². The molecule has 10 heteroatoms. The van der Waals surface area contributed by atoms with Crippen LogP contribution in [-0.4, -0.2) is 19.9 Å². The van der Waals surface area contributed by atoms with Crippen molar-refractivity contribution in [2.24, 2.45) is 0 Å². The predicted molar refractivity (Wildman–Crippen MR) is 85.7 cm³/mol. The minimum absolute atomic E-state index is 0.0820. The van der Waals surface area contributed by atoms with Crippen LogP contribution < -0.4 is 16.6 Å². The summed E-state index contributed by atoms with van der Waals surface area (Å²) >= 11 is 5.83. The molecule has 0 fully saturated rings. The largest absolute Gasteiger partial charge is 0.379 e. The number of para-hydroxylation sites is 1. The maximum absolute atomic E-state index is 14.4. The SMILES string of the molecule is Nc1nonc1-c1nc2cccc(F)c2n1CC1=CC=C(Cl)NN1. The molecule has 0 saturated carbocycles. The van der Waals surface area contributed by atoms with Crippen LogP contribution in [0.25, 0.3) is 22.6 Å². The highest BCUT2D eigenvalue weighted by molar-refractivity contribution is 6.29. The summed E-state index contributed by atoms with van der Waals surface area (Å²) in [5.41, 5.74) is 13.3. The van der Waals surface area contributed by atoms with E-state index < -0.39 is 5.82 Å². The summed E-state index contributed by atoms with van der Waals surface area (Å²) in [7, 11) is 0. The number of nitrogens with zero attached hydrogens (tertiary/aromatic N) is 4. The second kappa shape index (κ2) is 5.53. The van der Waals surface area contributed by atoms with Crippen molar-refractivity contribution in [2.45, 2.75) is 6.54 Å². The molecule has 122 valence electrons. The maximum Gasteiger partial charge on any atom is 0.199 e. The fourth-order valence-corrected chi connectivity index (χ4v) is 2.60. The van der Waals surface area contributed by atoms with Crippen molar-refractivity contribution in [2.75, 3.05) is 5.73 Å². The Morgan fingerprint density at radius 2 is 2.12 bits per heavy atom.